The lowest BCUT2D eigenvalue weighted by Gasteiger charge is -2.24. The van der Waals surface area contributed by atoms with Crippen molar-refractivity contribution in [3.05, 3.63) is 58.7 Å². The topological polar surface area (TPSA) is 47.6 Å². The fourth-order valence-electron chi connectivity index (χ4n) is 1.83. The average molecular weight is 241 g/mol. The first kappa shape index (κ1) is 11.5. The van der Waals surface area contributed by atoms with Crippen LogP contribution in [0.25, 0.3) is 0 Å². The van der Waals surface area contributed by atoms with Crippen LogP contribution < -0.4 is 0 Å². The Bertz CT molecular complexity index is 570. The molecule has 0 spiro atoms. The van der Waals surface area contributed by atoms with Gasteiger partial charge in [-0.05, 0) is 30.2 Å². The van der Waals surface area contributed by atoms with E-state index >= 15 is 0 Å². The number of halogens is 1. The third-order valence-corrected chi connectivity index (χ3v) is 3.13. The summed E-state index contributed by atoms with van der Waals surface area (Å²) < 4.78 is 0. The van der Waals surface area contributed by atoms with Gasteiger partial charge < -0.3 is 0 Å². The fourth-order valence-corrected chi connectivity index (χ4v) is 1.96. The van der Waals surface area contributed by atoms with Crippen molar-refractivity contribution in [3.8, 4) is 12.1 Å². The zero-order chi connectivity index (χ0) is 12.3. The maximum atomic E-state index is 9.38. The van der Waals surface area contributed by atoms with Gasteiger partial charge in [-0.25, -0.2) is 0 Å². The average Bonchev–Trinajstić information content (AvgIpc) is 2.40. The van der Waals surface area contributed by atoms with E-state index in [1.54, 1.807) is 30.4 Å². The summed E-state index contributed by atoms with van der Waals surface area (Å²) >= 11 is 5.83. The van der Waals surface area contributed by atoms with Crippen molar-refractivity contribution in [2.75, 3.05) is 0 Å². The fraction of sp³-hybridized carbons (Fsp3) is 0.143. The van der Waals surface area contributed by atoms with E-state index in [9.17, 15) is 5.26 Å². The summed E-state index contributed by atoms with van der Waals surface area (Å²) in [4.78, 5) is 0. The van der Waals surface area contributed by atoms with Gasteiger partial charge in [-0.2, -0.15) is 10.5 Å². The molecule has 1 aromatic carbocycles. The van der Waals surface area contributed by atoms with Gasteiger partial charge >= 0.3 is 0 Å². The minimum atomic E-state index is -0.676. The highest BCUT2D eigenvalue weighted by Crippen LogP contribution is 2.33. The van der Waals surface area contributed by atoms with E-state index in [2.05, 4.69) is 12.1 Å². The van der Waals surface area contributed by atoms with Crippen molar-refractivity contribution < 1.29 is 0 Å². The van der Waals surface area contributed by atoms with Crippen LogP contribution in [0.5, 0.6) is 0 Å². The second-order valence-electron chi connectivity index (χ2n) is 3.90. The van der Waals surface area contributed by atoms with Gasteiger partial charge in [-0.1, -0.05) is 35.9 Å². The van der Waals surface area contributed by atoms with E-state index in [0.29, 0.717) is 17.0 Å². The molecule has 0 N–H and O–H groups in total. The molecule has 82 valence electrons. The highest BCUT2D eigenvalue weighted by molar-refractivity contribution is 6.30. The molecule has 2 rings (SSSR count). The first-order valence-corrected chi connectivity index (χ1v) is 5.55. The lowest BCUT2D eigenvalue weighted by Crippen LogP contribution is -2.22. The standard InChI is InChI=1S/C14H9ClN2/c15-13-3-1-12(2-4-13)14(10-17)7-5-11(9-16)6-8-14/h1-7H,8H2. The van der Waals surface area contributed by atoms with Crippen LogP contribution in [0.1, 0.15) is 12.0 Å². The molecule has 1 atom stereocenters. The smallest absolute Gasteiger partial charge is 0.104 e. The Morgan fingerprint density at radius 2 is 1.88 bits per heavy atom. The second-order valence-corrected chi connectivity index (χ2v) is 4.34. The Labute approximate surface area is 105 Å². The summed E-state index contributed by atoms with van der Waals surface area (Å²) in [6.07, 6.45) is 5.79. The van der Waals surface area contributed by atoms with Crippen LogP contribution in [0.4, 0.5) is 0 Å². The van der Waals surface area contributed by atoms with E-state index in [1.165, 1.54) is 0 Å². The number of rotatable bonds is 1. The molecule has 0 aliphatic heterocycles. The number of nitriles is 2. The first-order valence-electron chi connectivity index (χ1n) is 5.17. The van der Waals surface area contributed by atoms with Crippen LogP contribution >= 0.6 is 11.6 Å². The van der Waals surface area contributed by atoms with E-state index in [4.69, 9.17) is 16.9 Å². The van der Waals surface area contributed by atoms with E-state index in [-0.39, 0.29) is 0 Å². The predicted octanol–water partition coefficient (Wildman–Crippen LogP) is 3.51. The Kier molecular flexibility index (Phi) is 3.00. The normalized spacial score (nSPS) is 22.4. The third kappa shape index (κ3) is 2.09. The molecule has 0 saturated carbocycles. The SMILES string of the molecule is N#CC1=CCC(C#N)(c2ccc(Cl)cc2)C=C1. The molecule has 0 aromatic heterocycles. The Hall–Kier alpha value is -2.03. The highest BCUT2D eigenvalue weighted by Gasteiger charge is 2.30. The van der Waals surface area contributed by atoms with Gasteiger partial charge in [0.2, 0.25) is 0 Å². The largest absolute Gasteiger partial charge is 0.197 e. The molecular weight excluding hydrogens is 232 g/mol. The summed E-state index contributed by atoms with van der Waals surface area (Å²) in [6, 6.07) is 11.6. The number of allylic oxidation sites excluding steroid dienone is 4. The maximum absolute atomic E-state index is 9.38. The zero-order valence-corrected chi connectivity index (χ0v) is 9.78. The van der Waals surface area contributed by atoms with Gasteiger partial charge in [-0.3, -0.25) is 0 Å². The van der Waals surface area contributed by atoms with E-state index in [1.807, 2.05) is 12.1 Å². The predicted molar refractivity (Wildman–Crippen MR) is 66.2 cm³/mol. The van der Waals surface area contributed by atoms with Crippen LogP contribution in [-0.4, -0.2) is 0 Å². The molecular formula is C14H9ClN2. The summed E-state index contributed by atoms with van der Waals surface area (Å²) in [5.41, 5.74) is 0.823. The monoisotopic (exact) mass is 240 g/mol. The molecule has 0 fully saturated rings. The van der Waals surface area contributed by atoms with Gasteiger partial charge in [0, 0.05) is 10.6 Å². The minimum absolute atomic E-state index is 0.518. The molecule has 0 heterocycles. The Morgan fingerprint density at radius 1 is 1.18 bits per heavy atom. The van der Waals surface area contributed by atoms with E-state index in [0.717, 1.165) is 5.56 Å². The highest BCUT2D eigenvalue weighted by atomic mass is 35.5. The third-order valence-electron chi connectivity index (χ3n) is 2.88. The first-order chi connectivity index (χ1) is 8.20. The van der Waals surface area contributed by atoms with Gasteiger partial charge in [0.15, 0.2) is 0 Å². The summed E-state index contributed by atoms with van der Waals surface area (Å²) in [5.74, 6) is 0. The van der Waals surface area contributed by atoms with E-state index < -0.39 is 5.41 Å². The van der Waals surface area contributed by atoms with Crippen LogP contribution in [-0.2, 0) is 5.41 Å². The Balaban J connectivity index is 2.40. The van der Waals surface area contributed by atoms with Gasteiger partial charge in [0.1, 0.15) is 5.41 Å². The van der Waals surface area contributed by atoms with Crippen molar-refractivity contribution in [1.82, 2.24) is 0 Å². The molecule has 1 unspecified atom stereocenters. The van der Waals surface area contributed by atoms with Crippen LogP contribution in [0, 0.1) is 22.7 Å². The molecule has 2 nitrogen and oxygen atoms in total. The Morgan fingerprint density at radius 3 is 2.35 bits per heavy atom. The number of benzene rings is 1. The van der Waals surface area contributed by atoms with Crippen molar-refractivity contribution in [2.45, 2.75) is 11.8 Å². The minimum Gasteiger partial charge on any atom is -0.197 e. The summed E-state index contributed by atoms with van der Waals surface area (Å²) in [7, 11) is 0. The van der Waals surface area contributed by atoms with Crippen molar-refractivity contribution in [3.63, 3.8) is 0 Å². The lowest BCUT2D eigenvalue weighted by atomic mass is 9.76. The quantitative estimate of drug-likeness (QED) is 0.754. The van der Waals surface area contributed by atoms with Gasteiger partial charge in [0.05, 0.1) is 12.1 Å². The molecule has 17 heavy (non-hydrogen) atoms. The maximum Gasteiger partial charge on any atom is 0.104 e. The van der Waals surface area contributed by atoms with Gasteiger partial charge in [-0.15, -0.1) is 0 Å². The molecule has 3 heteroatoms. The molecule has 1 aliphatic rings. The summed E-state index contributed by atoms with van der Waals surface area (Å²) in [5, 5.41) is 18.8. The number of hydrogen-bond donors (Lipinski definition) is 0. The molecule has 0 bridgehead atoms. The second kappa shape index (κ2) is 4.45. The van der Waals surface area contributed by atoms with Gasteiger partial charge in [0.25, 0.3) is 0 Å². The van der Waals surface area contributed by atoms with Crippen LogP contribution in [0.15, 0.2) is 48.1 Å². The number of nitrogens with zero attached hydrogens (tertiary/aromatic N) is 2. The molecule has 0 saturated heterocycles. The summed E-state index contributed by atoms with van der Waals surface area (Å²) in [6.45, 7) is 0. The molecule has 1 aromatic rings. The van der Waals surface area contributed by atoms with Crippen molar-refractivity contribution in [1.29, 1.82) is 10.5 Å². The lowest BCUT2D eigenvalue weighted by molar-refractivity contribution is 0.688. The van der Waals surface area contributed by atoms with Crippen molar-refractivity contribution >= 4 is 11.6 Å². The van der Waals surface area contributed by atoms with Crippen molar-refractivity contribution in [2.24, 2.45) is 0 Å². The van der Waals surface area contributed by atoms with Crippen LogP contribution in [0.3, 0.4) is 0 Å². The van der Waals surface area contributed by atoms with Crippen LogP contribution in [0.2, 0.25) is 5.02 Å². The zero-order valence-electron chi connectivity index (χ0n) is 9.02. The number of hydrogen-bond acceptors (Lipinski definition) is 2. The molecule has 1 aliphatic carbocycles. The molecule has 0 amide bonds. The molecule has 0 radical (unpaired) electrons.